The SMILES string of the molecule is C=C/C=C\C(=C/C)CCCC(O)CCC.CC(F)(F)C(=O)O.Cc1ccc(NC(=O)Nc2ccc(-c3ccc(C=O)cc3)c(C)n2)c(Cl)c1. The van der Waals surface area contributed by atoms with E-state index in [0.29, 0.717) is 29.0 Å². The molecule has 0 spiro atoms. The second kappa shape index (κ2) is 22.1. The van der Waals surface area contributed by atoms with Gasteiger partial charge in [-0.15, -0.1) is 0 Å². The largest absolute Gasteiger partial charge is 0.477 e. The molecule has 1 unspecified atom stereocenters. The predicted octanol–water partition coefficient (Wildman–Crippen LogP) is 10.2. The van der Waals surface area contributed by atoms with Gasteiger partial charge in [-0.25, -0.2) is 14.6 Å². The number of nitrogens with one attached hydrogen (secondary N) is 2. The monoisotopic (exact) mass is 697 g/mol. The Bertz CT molecular complexity index is 1590. The molecule has 0 bridgehead atoms. The van der Waals surface area contributed by atoms with E-state index in [1.54, 1.807) is 36.4 Å². The molecule has 49 heavy (non-hydrogen) atoms. The first kappa shape index (κ1) is 42.4. The summed E-state index contributed by atoms with van der Waals surface area (Å²) >= 11 is 6.13. The molecule has 0 fully saturated rings. The Balaban J connectivity index is 0.000000459. The maximum Gasteiger partial charge on any atom is 0.374 e. The van der Waals surface area contributed by atoms with Gasteiger partial charge in [0.25, 0.3) is 0 Å². The van der Waals surface area contributed by atoms with Crippen LogP contribution in [0.2, 0.25) is 5.02 Å². The third-order valence-electron chi connectivity index (χ3n) is 6.88. The topological polar surface area (TPSA) is 129 Å². The van der Waals surface area contributed by atoms with Gasteiger partial charge in [0.2, 0.25) is 0 Å². The van der Waals surface area contributed by atoms with Crippen molar-refractivity contribution in [1.82, 2.24) is 4.98 Å². The Labute approximate surface area is 292 Å². The number of amides is 2. The van der Waals surface area contributed by atoms with E-state index in [9.17, 15) is 28.3 Å². The zero-order valence-electron chi connectivity index (χ0n) is 28.6. The minimum Gasteiger partial charge on any atom is -0.477 e. The number of aromatic nitrogens is 1. The van der Waals surface area contributed by atoms with E-state index >= 15 is 0 Å². The van der Waals surface area contributed by atoms with Crippen LogP contribution in [0.3, 0.4) is 0 Å². The van der Waals surface area contributed by atoms with Crippen molar-refractivity contribution in [2.24, 2.45) is 0 Å². The van der Waals surface area contributed by atoms with Gasteiger partial charge in [-0.05, 0) is 81.8 Å². The summed E-state index contributed by atoms with van der Waals surface area (Å²) in [6.45, 7) is 11.9. The van der Waals surface area contributed by atoms with Crippen LogP contribution in [0.1, 0.15) is 74.5 Å². The van der Waals surface area contributed by atoms with E-state index in [2.05, 4.69) is 41.3 Å². The molecule has 0 aliphatic heterocycles. The molecule has 0 saturated heterocycles. The zero-order valence-corrected chi connectivity index (χ0v) is 29.4. The maximum absolute atomic E-state index is 12.2. The number of carboxylic acids is 1. The number of hydrogen-bond acceptors (Lipinski definition) is 5. The molecular formula is C38H46ClF2N3O5. The number of aliphatic hydroxyl groups excluding tert-OH is 1. The molecule has 3 aromatic rings. The molecule has 8 nitrogen and oxygen atoms in total. The van der Waals surface area contributed by atoms with Gasteiger partial charge in [-0.3, -0.25) is 10.1 Å². The second-order valence-corrected chi connectivity index (χ2v) is 11.5. The summed E-state index contributed by atoms with van der Waals surface area (Å²) < 4.78 is 22.5. The van der Waals surface area contributed by atoms with Crippen molar-refractivity contribution in [2.45, 2.75) is 78.7 Å². The van der Waals surface area contributed by atoms with Gasteiger partial charge in [0.15, 0.2) is 0 Å². The van der Waals surface area contributed by atoms with Crippen LogP contribution >= 0.6 is 11.6 Å². The zero-order chi connectivity index (χ0) is 37.0. The Morgan fingerprint density at radius 1 is 1.06 bits per heavy atom. The van der Waals surface area contributed by atoms with E-state index < -0.39 is 17.9 Å². The predicted molar refractivity (Wildman–Crippen MR) is 195 cm³/mol. The number of halogens is 3. The average molecular weight is 698 g/mol. The first-order chi connectivity index (χ1) is 23.1. The number of carbonyl (C=O) groups excluding carboxylic acids is 2. The number of aliphatic carboxylic acids is 1. The highest BCUT2D eigenvalue weighted by molar-refractivity contribution is 6.33. The number of carbonyl (C=O) groups is 3. The number of urea groups is 1. The van der Waals surface area contributed by atoms with E-state index in [1.165, 1.54) is 5.57 Å². The molecule has 2 aromatic carbocycles. The first-order valence-corrected chi connectivity index (χ1v) is 16.1. The molecule has 11 heteroatoms. The quantitative estimate of drug-likeness (QED) is 0.104. The van der Waals surface area contributed by atoms with Crippen molar-refractivity contribution in [3.05, 3.63) is 113 Å². The highest BCUT2D eigenvalue weighted by atomic mass is 35.5. The number of hydrogen-bond donors (Lipinski definition) is 4. The lowest BCUT2D eigenvalue weighted by Gasteiger charge is -2.11. The minimum absolute atomic E-state index is 0.114. The van der Waals surface area contributed by atoms with E-state index in [0.717, 1.165) is 60.8 Å². The van der Waals surface area contributed by atoms with Crippen molar-refractivity contribution >= 4 is 41.4 Å². The van der Waals surface area contributed by atoms with Crippen LogP contribution < -0.4 is 10.6 Å². The molecule has 0 saturated carbocycles. The van der Waals surface area contributed by atoms with Crippen LogP contribution in [0.15, 0.2) is 91.1 Å². The van der Waals surface area contributed by atoms with Gasteiger partial charge in [-0.1, -0.05) is 91.7 Å². The number of nitrogens with zero attached hydrogens (tertiary/aromatic N) is 1. The molecule has 1 atom stereocenters. The fourth-order valence-electron chi connectivity index (χ4n) is 4.20. The Morgan fingerprint density at radius 3 is 2.22 bits per heavy atom. The number of aldehydes is 1. The fourth-order valence-corrected chi connectivity index (χ4v) is 4.49. The van der Waals surface area contributed by atoms with Crippen molar-refractivity contribution in [1.29, 1.82) is 0 Å². The molecule has 4 N–H and O–H groups in total. The van der Waals surface area contributed by atoms with Crippen molar-refractivity contribution in [3.8, 4) is 11.1 Å². The van der Waals surface area contributed by atoms with Crippen LogP contribution in [0.4, 0.5) is 25.1 Å². The van der Waals surface area contributed by atoms with E-state index in [4.69, 9.17) is 16.7 Å². The van der Waals surface area contributed by atoms with Crippen LogP contribution in [0.25, 0.3) is 11.1 Å². The van der Waals surface area contributed by atoms with Gasteiger partial charge in [0, 0.05) is 23.7 Å². The molecule has 0 aliphatic carbocycles. The van der Waals surface area contributed by atoms with Gasteiger partial charge < -0.3 is 15.5 Å². The third-order valence-corrected chi connectivity index (χ3v) is 7.19. The van der Waals surface area contributed by atoms with E-state index in [-0.39, 0.29) is 6.10 Å². The van der Waals surface area contributed by atoms with Crippen LogP contribution in [-0.4, -0.2) is 45.5 Å². The number of alkyl halides is 2. The van der Waals surface area contributed by atoms with Crippen molar-refractivity contribution in [2.75, 3.05) is 10.6 Å². The summed E-state index contributed by atoms with van der Waals surface area (Å²) in [6.07, 6.45) is 13.6. The molecule has 1 aromatic heterocycles. The Kier molecular flexibility index (Phi) is 19.1. The molecule has 3 rings (SSSR count). The minimum atomic E-state index is -3.58. The number of aliphatic hydroxyl groups is 1. The highest BCUT2D eigenvalue weighted by Gasteiger charge is 2.31. The molecular weight excluding hydrogens is 652 g/mol. The second-order valence-electron chi connectivity index (χ2n) is 11.1. The lowest BCUT2D eigenvalue weighted by Crippen LogP contribution is -2.22. The molecule has 1 heterocycles. The van der Waals surface area contributed by atoms with Crippen LogP contribution in [0.5, 0.6) is 0 Å². The maximum atomic E-state index is 12.2. The highest BCUT2D eigenvalue weighted by Crippen LogP contribution is 2.25. The van der Waals surface area contributed by atoms with Gasteiger partial charge in [0.1, 0.15) is 12.1 Å². The number of rotatable bonds is 13. The Morgan fingerprint density at radius 2 is 1.71 bits per heavy atom. The van der Waals surface area contributed by atoms with Crippen molar-refractivity contribution in [3.63, 3.8) is 0 Å². The number of pyridine rings is 1. The third kappa shape index (κ3) is 16.8. The normalized spacial score (nSPS) is 11.7. The summed E-state index contributed by atoms with van der Waals surface area (Å²) in [5.41, 5.74) is 6.13. The lowest BCUT2D eigenvalue weighted by atomic mass is 10.0. The molecule has 264 valence electrons. The van der Waals surface area contributed by atoms with Crippen molar-refractivity contribution < 1.29 is 33.4 Å². The van der Waals surface area contributed by atoms with Gasteiger partial charge in [0.05, 0.1) is 16.8 Å². The smallest absolute Gasteiger partial charge is 0.374 e. The molecule has 0 radical (unpaired) electrons. The number of aryl methyl sites for hydroxylation is 2. The van der Waals surface area contributed by atoms with Gasteiger partial charge >= 0.3 is 17.9 Å². The standard InChI is InChI=1S/C21H18ClN3O2.C14H24O.C3H4F2O2/c1-13-3-9-19(18(22)11-13)24-21(27)25-20-10-8-17(14(2)23-20)16-6-4-15(12-26)5-7-16;1-4-7-10-13(6-3)11-8-12-14(15)9-5-2;1-3(4,5)2(6)7/h3-12H,1-2H3,(H2,23,24,25,27);4,6-7,10,14-15H,1,5,8-9,11-12H2,2-3H3;1H3,(H,6,7)/b;10-7-,13-6+;. The average Bonchev–Trinajstić information content (AvgIpc) is 3.04. The number of allylic oxidation sites excluding steroid dienone is 5. The number of benzene rings is 2. The summed E-state index contributed by atoms with van der Waals surface area (Å²) in [7, 11) is 0. The van der Waals surface area contributed by atoms with Crippen LogP contribution in [-0.2, 0) is 4.79 Å². The molecule has 2 amide bonds. The Hall–Kier alpha value is -4.67. The lowest BCUT2D eigenvalue weighted by molar-refractivity contribution is -0.161. The van der Waals surface area contributed by atoms with Gasteiger partial charge in [-0.2, -0.15) is 8.78 Å². The summed E-state index contributed by atoms with van der Waals surface area (Å²) in [4.78, 5) is 36.7. The summed E-state index contributed by atoms with van der Waals surface area (Å²) in [5.74, 6) is -5.24. The first-order valence-electron chi connectivity index (χ1n) is 15.8. The van der Waals surface area contributed by atoms with E-state index in [1.807, 2.05) is 51.1 Å². The fraction of sp³-hybridized carbons (Fsp3) is 0.316. The molecule has 0 aliphatic rings. The number of carboxylic acid groups (broad SMARTS) is 1. The summed E-state index contributed by atoms with van der Waals surface area (Å²) in [6, 6.07) is 15.8. The summed E-state index contributed by atoms with van der Waals surface area (Å²) in [5, 5.41) is 22.9. The van der Waals surface area contributed by atoms with Crippen LogP contribution in [0, 0.1) is 13.8 Å². The number of anilines is 2.